The smallest absolute Gasteiger partial charge is 0.275 e. The number of aromatic nitrogens is 4. The van der Waals surface area contributed by atoms with Gasteiger partial charge in [-0.25, -0.2) is 9.97 Å². The molecule has 6 nitrogen and oxygen atoms in total. The summed E-state index contributed by atoms with van der Waals surface area (Å²) in [4.78, 5) is 25.9. The van der Waals surface area contributed by atoms with Crippen molar-refractivity contribution in [3.8, 4) is 5.13 Å². The molecule has 0 bridgehead atoms. The maximum absolute atomic E-state index is 12.7. The SMILES string of the molecule is Cc1sc(-n2cccc2)nc1C(=O)Nc1ccc2nc(C(C)C)[nH]c2c1. The molecule has 0 unspecified atom stereocenters. The van der Waals surface area contributed by atoms with Gasteiger partial charge in [0.25, 0.3) is 5.91 Å². The average molecular weight is 365 g/mol. The van der Waals surface area contributed by atoms with Gasteiger partial charge in [0.05, 0.1) is 11.0 Å². The molecular formula is C19H19N5OS. The standard InChI is InChI=1S/C19H19N5OS/c1-11(2)17-21-14-7-6-13(10-15(14)22-17)20-18(25)16-12(3)26-19(23-16)24-8-4-5-9-24/h4-11H,1-3H3,(H,20,25)(H,21,22). The van der Waals surface area contributed by atoms with Crippen LogP contribution in [0.4, 0.5) is 5.69 Å². The fourth-order valence-corrected chi connectivity index (χ4v) is 3.61. The number of hydrogen-bond acceptors (Lipinski definition) is 4. The number of aryl methyl sites for hydroxylation is 1. The molecule has 4 rings (SSSR count). The molecule has 7 heteroatoms. The van der Waals surface area contributed by atoms with Crippen LogP contribution in [0.15, 0.2) is 42.7 Å². The summed E-state index contributed by atoms with van der Waals surface area (Å²) in [7, 11) is 0. The molecule has 3 heterocycles. The minimum atomic E-state index is -0.208. The number of carbonyl (C=O) groups is 1. The summed E-state index contributed by atoms with van der Waals surface area (Å²) < 4.78 is 1.90. The van der Waals surface area contributed by atoms with Gasteiger partial charge in [-0.05, 0) is 37.3 Å². The number of thiazole rings is 1. The number of hydrogen-bond donors (Lipinski definition) is 2. The molecule has 0 saturated heterocycles. The van der Waals surface area contributed by atoms with E-state index in [1.807, 2.05) is 54.2 Å². The van der Waals surface area contributed by atoms with Crippen LogP contribution in [-0.4, -0.2) is 25.4 Å². The van der Waals surface area contributed by atoms with Crippen molar-refractivity contribution < 1.29 is 4.79 Å². The van der Waals surface area contributed by atoms with Gasteiger partial charge < -0.3 is 14.9 Å². The summed E-state index contributed by atoms with van der Waals surface area (Å²) in [5, 5.41) is 3.72. The molecule has 132 valence electrons. The number of amides is 1. The number of H-pyrrole nitrogens is 1. The van der Waals surface area contributed by atoms with Crippen molar-refractivity contribution >= 4 is 34.0 Å². The highest BCUT2D eigenvalue weighted by Gasteiger charge is 2.17. The van der Waals surface area contributed by atoms with E-state index in [0.29, 0.717) is 11.6 Å². The molecule has 0 radical (unpaired) electrons. The predicted molar refractivity (Wildman–Crippen MR) is 104 cm³/mol. The zero-order chi connectivity index (χ0) is 18.3. The largest absolute Gasteiger partial charge is 0.342 e. The van der Waals surface area contributed by atoms with Crippen molar-refractivity contribution in [1.82, 2.24) is 19.5 Å². The van der Waals surface area contributed by atoms with E-state index in [9.17, 15) is 4.79 Å². The maximum atomic E-state index is 12.7. The second kappa shape index (κ2) is 6.42. The molecule has 4 aromatic rings. The quantitative estimate of drug-likeness (QED) is 0.559. The number of fused-ring (bicyclic) bond motifs is 1. The molecule has 3 aromatic heterocycles. The number of anilines is 1. The van der Waals surface area contributed by atoms with Gasteiger partial charge in [-0.2, -0.15) is 0 Å². The molecule has 0 aliphatic heterocycles. The molecule has 0 aliphatic rings. The first-order valence-electron chi connectivity index (χ1n) is 8.43. The van der Waals surface area contributed by atoms with Gasteiger partial charge in [0.1, 0.15) is 11.5 Å². The van der Waals surface area contributed by atoms with Gasteiger partial charge in [-0.1, -0.05) is 13.8 Å². The molecule has 2 N–H and O–H groups in total. The van der Waals surface area contributed by atoms with Crippen LogP contribution in [0.2, 0.25) is 0 Å². The van der Waals surface area contributed by atoms with Crippen molar-refractivity contribution in [3.05, 3.63) is 59.1 Å². The molecule has 0 atom stereocenters. The van der Waals surface area contributed by atoms with Crippen LogP contribution in [0.25, 0.3) is 16.2 Å². The fourth-order valence-electron chi connectivity index (χ4n) is 2.74. The predicted octanol–water partition coefficient (Wildman–Crippen LogP) is 4.49. The molecule has 0 aliphatic carbocycles. The van der Waals surface area contributed by atoms with E-state index < -0.39 is 0 Å². The molecular weight excluding hydrogens is 346 g/mol. The van der Waals surface area contributed by atoms with Crippen LogP contribution in [0.1, 0.15) is 41.0 Å². The van der Waals surface area contributed by atoms with Gasteiger partial charge in [-0.15, -0.1) is 11.3 Å². The zero-order valence-corrected chi connectivity index (χ0v) is 15.6. The van der Waals surface area contributed by atoms with E-state index in [0.717, 1.165) is 32.6 Å². The Morgan fingerprint density at radius 3 is 2.73 bits per heavy atom. The van der Waals surface area contributed by atoms with Crippen LogP contribution >= 0.6 is 11.3 Å². The second-order valence-corrected chi connectivity index (χ2v) is 7.64. The van der Waals surface area contributed by atoms with Gasteiger partial charge >= 0.3 is 0 Å². The number of nitrogens with zero attached hydrogens (tertiary/aromatic N) is 3. The molecule has 0 saturated carbocycles. The van der Waals surface area contributed by atoms with Gasteiger partial charge in [0.15, 0.2) is 5.13 Å². The lowest BCUT2D eigenvalue weighted by atomic mass is 10.2. The highest BCUT2D eigenvalue weighted by molar-refractivity contribution is 7.14. The Balaban J connectivity index is 1.59. The Bertz CT molecular complexity index is 1070. The van der Waals surface area contributed by atoms with E-state index in [1.165, 1.54) is 11.3 Å². The maximum Gasteiger partial charge on any atom is 0.275 e. The minimum Gasteiger partial charge on any atom is -0.342 e. The summed E-state index contributed by atoms with van der Waals surface area (Å²) in [6.07, 6.45) is 3.83. The number of aromatic amines is 1. The minimum absolute atomic E-state index is 0.208. The van der Waals surface area contributed by atoms with E-state index in [1.54, 1.807) is 0 Å². The fraction of sp³-hybridized carbons (Fsp3) is 0.211. The molecule has 26 heavy (non-hydrogen) atoms. The molecule has 1 amide bonds. The zero-order valence-electron chi connectivity index (χ0n) is 14.8. The Hall–Kier alpha value is -2.93. The van der Waals surface area contributed by atoms with E-state index in [4.69, 9.17) is 0 Å². The molecule has 0 spiro atoms. The van der Waals surface area contributed by atoms with Crippen LogP contribution in [0.3, 0.4) is 0 Å². The lowest BCUT2D eigenvalue weighted by Gasteiger charge is -2.04. The van der Waals surface area contributed by atoms with Gasteiger partial charge in [-0.3, -0.25) is 4.79 Å². The Labute approximate surface area is 154 Å². The van der Waals surface area contributed by atoms with E-state index in [2.05, 4.69) is 34.1 Å². The average Bonchev–Trinajstić information content (AvgIpc) is 3.33. The first-order chi connectivity index (χ1) is 12.5. The Morgan fingerprint density at radius 1 is 1.23 bits per heavy atom. The molecule has 1 aromatic carbocycles. The van der Waals surface area contributed by atoms with Crippen molar-refractivity contribution in [1.29, 1.82) is 0 Å². The van der Waals surface area contributed by atoms with Crippen molar-refractivity contribution in [2.75, 3.05) is 5.32 Å². The Kier molecular flexibility index (Phi) is 4.08. The van der Waals surface area contributed by atoms with E-state index >= 15 is 0 Å². The summed E-state index contributed by atoms with van der Waals surface area (Å²) in [6, 6.07) is 9.54. The van der Waals surface area contributed by atoms with E-state index in [-0.39, 0.29) is 5.91 Å². The number of nitrogens with one attached hydrogen (secondary N) is 2. The number of benzene rings is 1. The Morgan fingerprint density at radius 2 is 2.00 bits per heavy atom. The summed E-state index contributed by atoms with van der Waals surface area (Å²) >= 11 is 1.49. The third-order valence-corrected chi connectivity index (χ3v) is 5.11. The summed E-state index contributed by atoms with van der Waals surface area (Å²) in [5.41, 5.74) is 2.98. The van der Waals surface area contributed by atoms with Gasteiger partial charge in [0.2, 0.25) is 0 Å². The highest BCUT2D eigenvalue weighted by Crippen LogP contribution is 2.24. The first-order valence-corrected chi connectivity index (χ1v) is 9.24. The second-order valence-electron chi connectivity index (χ2n) is 6.45. The third-order valence-electron chi connectivity index (χ3n) is 4.13. The lowest BCUT2D eigenvalue weighted by molar-refractivity contribution is 0.102. The summed E-state index contributed by atoms with van der Waals surface area (Å²) in [5.74, 6) is 1.06. The lowest BCUT2D eigenvalue weighted by Crippen LogP contribution is -2.13. The first kappa shape index (κ1) is 16.5. The van der Waals surface area contributed by atoms with Gasteiger partial charge in [0, 0.05) is 28.9 Å². The number of carbonyl (C=O) groups excluding carboxylic acids is 1. The van der Waals surface area contributed by atoms with Crippen LogP contribution in [0, 0.1) is 6.92 Å². The number of imidazole rings is 1. The summed E-state index contributed by atoms with van der Waals surface area (Å²) in [6.45, 7) is 6.09. The number of rotatable bonds is 4. The van der Waals surface area contributed by atoms with Crippen LogP contribution in [0.5, 0.6) is 0 Å². The van der Waals surface area contributed by atoms with Crippen molar-refractivity contribution in [3.63, 3.8) is 0 Å². The third kappa shape index (κ3) is 3.01. The monoisotopic (exact) mass is 365 g/mol. The highest BCUT2D eigenvalue weighted by atomic mass is 32.1. The topological polar surface area (TPSA) is 75.6 Å². The normalized spacial score (nSPS) is 11.4. The van der Waals surface area contributed by atoms with Crippen LogP contribution < -0.4 is 5.32 Å². The van der Waals surface area contributed by atoms with Crippen molar-refractivity contribution in [2.45, 2.75) is 26.7 Å². The van der Waals surface area contributed by atoms with Crippen LogP contribution in [-0.2, 0) is 0 Å². The van der Waals surface area contributed by atoms with Crippen molar-refractivity contribution in [2.24, 2.45) is 0 Å². The molecule has 0 fully saturated rings.